The molecule has 2 nitrogen and oxygen atoms in total. The van der Waals surface area contributed by atoms with E-state index in [0.29, 0.717) is 0 Å². The fraction of sp³-hybridized carbons (Fsp3) is 0.222. The lowest BCUT2D eigenvalue weighted by Crippen LogP contribution is -2.11. The van der Waals surface area contributed by atoms with Crippen molar-refractivity contribution in [1.29, 1.82) is 5.26 Å². The number of nitrogens with two attached hydrogens (primary N) is 1. The fourth-order valence-electron chi connectivity index (χ4n) is 1.02. The third kappa shape index (κ3) is 2.18. The molecule has 0 amide bonds. The minimum Gasteiger partial charge on any atom is -0.323 e. The van der Waals surface area contributed by atoms with E-state index in [9.17, 15) is 4.39 Å². The molecule has 0 saturated heterocycles. The number of hydrogen-bond donors (Lipinski definition) is 1. The van der Waals surface area contributed by atoms with Gasteiger partial charge in [0.15, 0.2) is 0 Å². The van der Waals surface area contributed by atoms with E-state index in [2.05, 4.69) is 0 Å². The molecule has 4 heteroatoms. The molecule has 0 saturated carbocycles. The van der Waals surface area contributed by atoms with E-state index in [-0.39, 0.29) is 17.0 Å². The van der Waals surface area contributed by atoms with Gasteiger partial charge in [0.25, 0.3) is 0 Å². The molecule has 0 bridgehead atoms. The molecular formula is C9H8ClFN2. The first-order chi connectivity index (χ1) is 6.16. The summed E-state index contributed by atoms with van der Waals surface area (Å²) in [7, 11) is 0. The predicted molar refractivity (Wildman–Crippen MR) is 48.6 cm³/mol. The molecule has 0 unspecified atom stereocenters. The highest BCUT2D eigenvalue weighted by Crippen LogP contribution is 2.23. The quantitative estimate of drug-likeness (QED) is 0.793. The number of hydrogen-bond acceptors (Lipinski definition) is 2. The van der Waals surface area contributed by atoms with Gasteiger partial charge in [-0.1, -0.05) is 23.7 Å². The Morgan fingerprint density at radius 3 is 2.92 bits per heavy atom. The lowest BCUT2D eigenvalue weighted by molar-refractivity contribution is 0.585. The highest BCUT2D eigenvalue weighted by Gasteiger charge is 2.12. The number of benzene rings is 1. The third-order valence-corrected chi connectivity index (χ3v) is 1.98. The van der Waals surface area contributed by atoms with Crippen LogP contribution in [0.15, 0.2) is 18.2 Å². The van der Waals surface area contributed by atoms with Gasteiger partial charge in [0, 0.05) is 11.6 Å². The third-order valence-electron chi connectivity index (χ3n) is 1.69. The zero-order chi connectivity index (χ0) is 9.84. The van der Waals surface area contributed by atoms with Gasteiger partial charge < -0.3 is 5.73 Å². The van der Waals surface area contributed by atoms with E-state index >= 15 is 0 Å². The number of rotatable bonds is 2. The minimum atomic E-state index is -0.608. The lowest BCUT2D eigenvalue weighted by atomic mass is 10.1. The van der Waals surface area contributed by atoms with Crippen molar-refractivity contribution in [2.45, 2.75) is 12.5 Å². The first-order valence-electron chi connectivity index (χ1n) is 3.73. The van der Waals surface area contributed by atoms with Crippen LogP contribution in [0.4, 0.5) is 4.39 Å². The van der Waals surface area contributed by atoms with Crippen LogP contribution in [0.25, 0.3) is 0 Å². The molecular weight excluding hydrogens is 191 g/mol. The van der Waals surface area contributed by atoms with Crippen molar-refractivity contribution < 1.29 is 4.39 Å². The van der Waals surface area contributed by atoms with E-state index in [1.54, 1.807) is 6.07 Å². The van der Waals surface area contributed by atoms with Crippen LogP contribution in [0.3, 0.4) is 0 Å². The molecule has 0 spiro atoms. The smallest absolute Gasteiger partial charge is 0.146 e. The standard InChI is InChI=1S/C9H8ClFN2/c10-7-3-1-2-6(9(7)11)8(13)4-5-12/h1-3,8H,4,13H2/t8-/m1/s1. The first-order valence-corrected chi connectivity index (χ1v) is 4.11. The average molecular weight is 199 g/mol. The van der Waals surface area contributed by atoms with E-state index in [1.807, 2.05) is 6.07 Å². The van der Waals surface area contributed by atoms with Crippen LogP contribution in [0.2, 0.25) is 5.02 Å². The van der Waals surface area contributed by atoms with E-state index in [0.717, 1.165) is 0 Å². The van der Waals surface area contributed by atoms with Gasteiger partial charge in [0.2, 0.25) is 0 Å². The maximum absolute atomic E-state index is 13.3. The summed E-state index contributed by atoms with van der Waals surface area (Å²) >= 11 is 5.54. The largest absolute Gasteiger partial charge is 0.323 e. The molecule has 0 aliphatic rings. The van der Waals surface area contributed by atoms with Crippen LogP contribution in [0.5, 0.6) is 0 Å². The first kappa shape index (κ1) is 9.97. The van der Waals surface area contributed by atoms with Crippen LogP contribution in [0, 0.1) is 17.1 Å². The second kappa shape index (κ2) is 4.22. The summed E-state index contributed by atoms with van der Waals surface area (Å²) in [5.41, 5.74) is 5.84. The average Bonchev–Trinajstić information content (AvgIpc) is 2.10. The van der Waals surface area contributed by atoms with Gasteiger partial charge in [0.1, 0.15) is 5.82 Å². The summed E-state index contributed by atoms with van der Waals surface area (Å²) in [5.74, 6) is -0.535. The Morgan fingerprint density at radius 1 is 1.62 bits per heavy atom. The number of nitrogens with zero attached hydrogens (tertiary/aromatic N) is 1. The predicted octanol–water partition coefficient (Wildman–Crippen LogP) is 2.39. The van der Waals surface area contributed by atoms with E-state index in [4.69, 9.17) is 22.6 Å². The molecule has 13 heavy (non-hydrogen) atoms. The maximum Gasteiger partial charge on any atom is 0.146 e. The second-order valence-electron chi connectivity index (χ2n) is 2.61. The molecule has 0 heterocycles. The Bertz CT molecular complexity index is 346. The molecule has 2 N–H and O–H groups in total. The van der Waals surface area contributed by atoms with Gasteiger partial charge in [-0.25, -0.2) is 4.39 Å². The summed E-state index contributed by atoms with van der Waals surface area (Å²) in [6.45, 7) is 0. The SMILES string of the molecule is N#CC[C@@H](N)c1cccc(Cl)c1F. The highest BCUT2D eigenvalue weighted by atomic mass is 35.5. The summed E-state index contributed by atoms with van der Waals surface area (Å²) in [6, 6.07) is 5.85. The summed E-state index contributed by atoms with van der Waals surface area (Å²) in [4.78, 5) is 0. The number of halogens is 2. The molecule has 0 aliphatic carbocycles. The molecule has 1 aromatic rings. The van der Waals surface area contributed by atoms with Gasteiger partial charge in [-0.3, -0.25) is 0 Å². The molecule has 1 atom stereocenters. The summed E-state index contributed by atoms with van der Waals surface area (Å²) in [6.07, 6.45) is 0.0806. The zero-order valence-electron chi connectivity index (χ0n) is 6.80. The van der Waals surface area contributed by atoms with Crippen molar-refractivity contribution in [1.82, 2.24) is 0 Å². The Morgan fingerprint density at radius 2 is 2.31 bits per heavy atom. The van der Waals surface area contributed by atoms with Gasteiger partial charge >= 0.3 is 0 Å². The summed E-state index contributed by atoms with van der Waals surface area (Å²) < 4.78 is 13.3. The molecule has 1 aromatic carbocycles. The number of nitriles is 1. The van der Waals surface area contributed by atoms with Gasteiger partial charge in [-0.05, 0) is 6.07 Å². The monoisotopic (exact) mass is 198 g/mol. The molecule has 68 valence electrons. The Labute approximate surface area is 80.7 Å². The van der Waals surface area contributed by atoms with Crippen LogP contribution in [0.1, 0.15) is 18.0 Å². The molecule has 0 aliphatic heterocycles. The van der Waals surface area contributed by atoms with Crippen LogP contribution >= 0.6 is 11.6 Å². The molecule has 0 fully saturated rings. The Hall–Kier alpha value is -1.11. The normalized spacial score (nSPS) is 12.2. The van der Waals surface area contributed by atoms with E-state index < -0.39 is 11.9 Å². The van der Waals surface area contributed by atoms with Crippen molar-refractivity contribution in [2.24, 2.45) is 5.73 Å². The molecule has 0 radical (unpaired) electrons. The topological polar surface area (TPSA) is 49.8 Å². The zero-order valence-corrected chi connectivity index (χ0v) is 7.55. The van der Waals surface area contributed by atoms with Gasteiger partial charge in [-0.2, -0.15) is 5.26 Å². The lowest BCUT2D eigenvalue weighted by Gasteiger charge is -2.09. The van der Waals surface area contributed by atoms with Crippen molar-refractivity contribution >= 4 is 11.6 Å². The Balaban J connectivity index is 3.02. The maximum atomic E-state index is 13.3. The Kier molecular flexibility index (Phi) is 3.24. The van der Waals surface area contributed by atoms with Crippen LogP contribution in [-0.2, 0) is 0 Å². The van der Waals surface area contributed by atoms with Crippen molar-refractivity contribution in [3.63, 3.8) is 0 Å². The molecule has 0 aromatic heterocycles. The second-order valence-corrected chi connectivity index (χ2v) is 3.02. The highest BCUT2D eigenvalue weighted by molar-refractivity contribution is 6.30. The van der Waals surface area contributed by atoms with Crippen LogP contribution < -0.4 is 5.73 Å². The van der Waals surface area contributed by atoms with Crippen molar-refractivity contribution in [3.05, 3.63) is 34.6 Å². The van der Waals surface area contributed by atoms with Crippen molar-refractivity contribution in [2.75, 3.05) is 0 Å². The van der Waals surface area contributed by atoms with Crippen LogP contribution in [-0.4, -0.2) is 0 Å². The van der Waals surface area contributed by atoms with E-state index in [1.165, 1.54) is 12.1 Å². The van der Waals surface area contributed by atoms with Crippen molar-refractivity contribution in [3.8, 4) is 6.07 Å². The van der Waals surface area contributed by atoms with Gasteiger partial charge in [0.05, 0.1) is 17.5 Å². The summed E-state index contributed by atoms with van der Waals surface area (Å²) in [5, 5.41) is 8.41. The van der Waals surface area contributed by atoms with Gasteiger partial charge in [-0.15, -0.1) is 0 Å². The minimum absolute atomic E-state index is 0.0332. The molecule has 1 rings (SSSR count). The fourth-order valence-corrected chi connectivity index (χ4v) is 1.20.